The molecular weight excluding hydrogens is 236 g/mol. The lowest BCUT2D eigenvalue weighted by Gasteiger charge is -2.17. The SMILES string of the molecule is CCNC(Cc1cnn(CC)c1)c1cncc(C)c1. The van der Waals surface area contributed by atoms with Gasteiger partial charge in [-0.15, -0.1) is 0 Å². The van der Waals surface area contributed by atoms with Gasteiger partial charge < -0.3 is 5.32 Å². The second kappa shape index (κ2) is 6.48. The first-order valence-electron chi connectivity index (χ1n) is 6.89. The number of rotatable bonds is 6. The van der Waals surface area contributed by atoms with Gasteiger partial charge in [-0.1, -0.05) is 13.0 Å². The zero-order chi connectivity index (χ0) is 13.7. The van der Waals surface area contributed by atoms with Crippen LogP contribution in [-0.4, -0.2) is 21.3 Å². The van der Waals surface area contributed by atoms with Gasteiger partial charge in [0.25, 0.3) is 0 Å². The lowest BCUT2D eigenvalue weighted by Crippen LogP contribution is -2.23. The van der Waals surface area contributed by atoms with Gasteiger partial charge in [0.05, 0.1) is 6.20 Å². The van der Waals surface area contributed by atoms with Crippen LogP contribution in [0.15, 0.2) is 30.9 Å². The fourth-order valence-electron chi connectivity index (χ4n) is 2.24. The van der Waals surface area contributed by atoms with Crippen LogP contribution < -0.4 is 5.32 Å². The smallest absolute Gasteiger partial charge is 0.0522 e. The third-order valence-corrected chi connectivity index (χ3v) is 3.20. The van der Waals surface area contributed by atoms with Crippen LogP contribution in [0.25, 0.3) is 0 Å². The molecule has 0 bridgehead atoms. The minimum absolute atomic E-state index is 0.298. The highest BCUT2D eigenvalue weighted by atomic mass is 15.3. The van der Waals surface area contributed by atoms with Crippen molar-refractivity contribution in [2.75, 3.05) is 6.54 Å². The summed E-state index contributed by atoms with van der Waals surface area (Å²) in [6.07, 6.45) is 8.86. The summed E-state index contributed by atoms with van der Waals surface area (Å²) in [5.41, 5.74) is 3.70. The Morgan fingerprint density at radius 2 is 2.11 bits per heavy atom. The number of likely N-dealkylation sites (N-methyl/N-ethyl adjacent to an activating group) is 1. The minimum atomic E-state index is 0.298. The Labute approximate surface area is 114 Å². The topological polar surface area (TPSA) is 42.7 Å². The Hall–Kier alpha value is -1.68. The zero-order valence-electron chi connectivity index (χ0n) is 11.9. The van der Waals surface area contributed by atoms with E-state index >= 15 is 0 Å². The van der Waals surface area contributed by atoms with Crippen molar-refractivity contribution >= 4 is 0 Å². The normalized spacial score (nSPS) is 12.6. The van der Waals surface area contributed by atoms with Gasteiger partial charge in [0.2, 0.25) is 0 Å². The molecule has 0 fully saturated rings. The highest BCUT2D eigenvalue weighted by Gasteiger charge is 2.12. The number of nitrogens with zero attached hydrogens (tertiary/aromatic N) is 3. The van der Waals surface area contributed by atoms with Crippen molar-refractivity contribution in [2.45, 2.75) is 39.8 Å². The van der Waals surface area contributed by atoms with E-state index < -0.39 is 0 Å². The third kappa shape index (κ3) is 3.64. The van der Waals surface area contributed by atoms with Gasteiger partial charge in [-0.2, -0.15) is 5.10 Å². The summed E-state index contributed by atoms with van der Waals surface area (Å²) < 4.78 is 1.97. The van der Waals surface area contributed by atoms with Crippen molar-refractivity contribution < 1.29 is 0 Å². The summed E-state index contributed by atoms with van der Waals surface area (Å²) in [7, 11) is 0. The summed E-state index contributed by atoms with van der Waals surface area (Å²) in [5.74, 6) is 0. The van der Waals surface area contributed by atoms with Gasteiger partial charge in [-0.25, -0.2) is 0 Å². The van der Waals surface area contributed by atoms with Crippen LogP contribution in [0, 0.1) is 6.92 Å². The van der Waals surface area contributed by atoms with Crippen molar-refractivity contribution in [3.05, 3.63) is 47.5 Å². The van der Waals surface area contributed by atoms with E-state index in [9.17, 15) is 0 Å². The van der Waals surface area contributed by atoms with Gasteiger partial charge in [0, 0.05) is 31.2 Å². The highest BCUT2D eigenvalue weighted by molar-refractivity contribution is 5.22. The maximum absolute atomic E-state index is 4.33. The molecule has 0 radical (unpaired) electrons. The van der Waals surface area contributed by atoms with Crippen LogP contribution in [-0.2, 0) is 13.0 Å². The fraction of sp³-hybridized carbons (Fsp3) is 0.467. The van der Waals surface area contributed by atoms with E-state index in [-0.39, 0.29) is 0 Å². The van der Waals surface area contributed by atoms with Crippen molar-refractivity contribution in [2.24, 2.45) is 0 Å². The first-order chi connectivity index (χ1) is 9.22. The Morgan fingerprint density at radius 1 is 1.26 bits per heavy atom. The van der Waals surface area contributed by atoms with Crippen LogP contribution in [0.4, 0.5) is 0 Å². The number of hydrogen-bond donors (Lipinski definition) is 1. The molecular formula is C15H22N4. The Kier molecular flexibility index (Phi) is 4.68. The number of nitrogens with one attached hydrogen (secondary N) is 1. The second-order valence-electron chi connectivity index (χ2n) is 4.81. The van der Waals surface area contributed by atoms with E-state index in [2.05, 4.69) is 48.4 Å². The molecule has 2 aromatic heterocycles. The van der Waals surface area contributed by atoms with Crippen LogP contribution in [0.2, 0.25) is 0 Å². The maximum Gasteiger partial charge on any atom is 0.0522 e. The molecule has 2 aromatic rings. The molecule has 0 spiro atoms. The third-order valence-electron chi connectivity index (χ3n) is 3.20. The average molecular weight is 258 g/mol. The molecule has 0 aliphatic heterocycles. The molecule has 0 amide bonds. The van der Waals surface area contributed by atoms with Gasteiger partial charge in [0.1, 0.15) is 0 Å². The predicted molar refractivity (Wildman–Crippen MR) is 77.0 cm³/mol. The molecule has 1 atom stereocenters. The lowest BCUT2D eigenvalue weighted by atomic mass is 10.0. The van der Waals surface area contributed by atoms with E-state index in [4.69, 9.17) is 0 Å². The summed E-state index contributed by atoms with van der Waals surface area (Å²) in [6.45, 7) is 8.17. The maximum atomic E-state index is 4.33. The molecule has 1 unspecified atom stereocenters. The molecule has 1 N–H and O–H groups in total. The predicted octanol–water partition coefficient (Wildman–Crippen LogP) is 2.50. The summed E-state index contributed by atoms with van der Waals surface area (Å²) in [4.78, 5) is 4.29. The lowest BCUT2D eigenvalue weighted by molar-refractivity contribution is 0.547. The van der Waals surface area contributed by atoms with E-state index in [0.29, 0.717) is 6.04 Å². The molecule has 0 aliphatic carbocycles. The number of hydrogen-bond acceptors (Lipinski definition) is 3. The van der Waals surface area contributed by atoms with Crippen LogP contribution >= 0.6 is 0 Å². The Bertz CT molecular complexity index is 518. The molecule has 19 heavy (non-hydrogen) atoms. The van der Waals surface area contributed by atoms with E-state index in [1.165, 1.54) is 16.7 Å². The van der Waals surface area contributed by atoms with Gasteiger partial charge in [-0.3, -0.25) is 9.67 Å². The Morgan fingerprint density at radius 3 is 2.74 bits per heavy atom. The number of aryl methyl sites for hydroxylation is 2. The molecule has 102 valence electrons. The summed E-state index contributed by atoms with van der Waals surface area (Å²) in [6, 6.07) is 2.50. The minimum Gasteiger partial charge on any atom is -0.310 e. The van der Waals surface area contributed by atoms with Crippen molar-refractivity contribution in [3.63, 3.8) is 0 Å². The van der Waals surface area contributed by atoms with Crippen LogP contribution in [0.5, 0.6) is 0 Å². The molecule has 0 saturated carbocycles. The Balaban J connectivity index is 2.15. The van der Waals surface area contributed by atoms with E-state index in [0.717, 1.165) is 19.5 Å². The van der Waals surface area contributed by atoms with Crippen LogP contribution in [0.1, 0.15) is 36.6 Å². The highest BCUT2D eigenvalue weighted by Crippen LogP contribution is 2.18. The molecule has 2 heterocycles. The zero-order valence-corrected chi connectivity index (χ0v) is 11.9. The molecule has 4 heteroatoms. The van der Waals surface area contributed by atoms with Crippen molar-refractivity contribution in [1.29, 1.82) is 0 Å². The molecule has 0 aliphatic rings. The fourth-order valence-corrected chi connectivity index (χ4v) is 2.24. The molecule has 4 nitrogen and oxygen atoms in total. The van der Waals surface area contributed by atoms with Gasteiger partial charge in [-0.05, 0) is 43.5 Å². The second-order valence-corrected chi connectivity index (χ2v) is 4.81. The average Bonchev–Trinajstić information content (AvgIpc) is 2.86. The van der Waals surface area contributed by atoms with E-state index in [1.807, 2.05) is 23.3 Å². The van der Waals surface area contributed by atoms with Crippen molar-refractivity contribution in [1.82, 2.24) is 20.1 Å². The quantitative estimate of drug-likeness (QED) is 0.865. The molecule has 0 aromatic carbocycles. The van der Waals surface area contributed by atoms with Crippen molar-refractivity contribution in [3.8, 4) is 0 Å². The summed E-state index contributed by atoms with van der Waals surface area (Å²) >= 11 is 0. The first-order valence-corrected chi connectivity index (χ1v) is 6.89. The van der Waals surface area contributed by atoms with Gasteiger partial charge >= 0.3 is 0 Å². The monoisotopic (exact) mass is 258 g/mol. The van der Waals surface area contributed by atoms with Crippen LogP contribution in [0.3, 0.4) is 0 Å². The number of aromatic nitrogens is 3. The first kappa shape index (κ1) is 13.7. The summed E-state index contributed by atoms with van der Waals surface area (Å²) in [5, 5.41) is 7.86. The number of pyridine rings is 1. The largest absolute Gasteiger partial charge is 0.310 e. The van der Waals surface area contributed by atoms with Gasteiger partial charge in [0.15, 0.2) is 0 Å². The standard InChI is InChI=1S/C15H22N4/c1-4-17-15(14-6-12(3)8-16-10-14)7-13-9-18-19(5-2)11-13/h6,8-11,15,17H,4-5,7H2,1-3H3. The van der Waals surface area contributed by atoms with E-state index in [1.54, 1.807) is 0 Å². The molecule has 0 saturated heterocycles. The molecule has 2 rings (SSSR count).